The van der Waals surface area contributed by atoms with Crippen LogP contribution in [0.3, 0.4) is 0 Å². The summed E-state index contributed by atoms with van der Waals surface area (Å²) in [5.41, 5.74) is 1.21. The molecule has 0 bridgehead atoms. The lowest BCUT2D eigenvalue weighted by Crippen LogP contribution is -2.27. The summed E-state index contributed by atoms with van der Waals surface area (Å²) >= 11 is 0. The number of ether oxygens (including phenoxy) is 1. The van der Waals surface area contributed by atoms with E-state index in [1.54, 1.807) is 31.2 Å². The van der Waals surface area contributed by atoms with E-state index in [1.807, 2.05) is 0 Å². The molecule has 0 radical (unpaired) electrons. The van der Waals surface area contributed by atoms with Crippen LogP contribution in [0.2, 0.25) is 0 Å². The van der Waals surface area contributed by atoms with E-state index in [2.05, 4.69) is 15.6 Å². The summed E-state index contributed by atoms with van der Waals surface area (Å²) in [5.74, 6) is 0.124. The number of anilines is 1. The normalized spacial score (nSPS) is 10.2. The number of hydrogen-bond donors (Lipinski definition) is 2. The summed E-state index contributed by atoms with van der Waals surface area (Å²) in [6.07, 6.45) is -0.650. The van der Waals surface area contributed by atoms with Crippen molar-refractivity contribution in [3.8, 4) is 0 Å². The first-order valence-corrected chi connectivity index (χ1v) is 5.80. The number of rotatable bonds is 2. The average molecular weight is 262 g/mol. The van der Waals surface area contributed by atoms with E-state index in [4.69, 9.17) is 4.74 Å². The van der Waals surface area contributed by atoms with Gasteiger partial charge in [0.2, 0.25) is 5.95 Å². The molecule has 7 heteroatoms. The highest BCUT2D eigenvalue weighted by molar-refractivity contribution is 5.96. The molecule has 7 nitrogen and oxygen atoms in total. The zero-order chi connectivity index (χ0) is 13.8. The molecule has 2 amide bonds. The number of aromatic nitrogens is 2. The SMILES string of the molecule is CCOC(=O)Nc1nc2ccccc2n1C(=O)NC. The van der Waals surface area contributed by atoms with Gasteiger partial charge in [0.1, 0.15) is 0 Å². The molecule has 0 aliphatic heterocycles. The number of carbonyl (C=O) groups excluding carboxylic acids is 2. The van der Waals surface area contributed by atoms with Gasteiger partial charge >= 0.3 is 12.1 Å². The summed E-state index contributed by atoms with van der Waals surface area (Å²) in [4.78, 5) is 27.5. The number of hydrogen-bond acceptors (Lipinski definition) is 4. The van der Waals surface area contributed by atoms with Gasteiger partial charge in [-0.25, -0.2) is 19.1 Å². The standard InChI is InChI=1S/C12H14N4O3/c1-3-19-12(18)15-10-14-8-6-4-5-7-9(8)16(10)11(17)13-2/h4-7H,3H2,1-2H3,(H,13,17)(H,14,15,18). The molecule has 100 valence electrons. The van der Waals surface area contributed by atoms with Gasteiger partial charge in [0.25, 0.3) is 0 Å². The van der Waals surface area contributed by atoms with Crippen molar-refractivity contribution in [1.82, 2.24) is 14.9 Å². The number of imidazole rings is 1. The quantitative estimate of drug-likeness (QED) is 0.864. The Hall–Kier alpha value is -2.57. The van der Waals surface area contributed by atoms with Crippen LogP contribution < -0.4 is 10.6 Å². The average Bonchev–Trinajstić information content (AvgIpc) is 2.75. The van der Waals surface area contributed by atoms with E-state index in [0.29, 0.717) is 11.0 Å². The molecule has 1 aromatic heterocycles. The minimum Gasteiger partial charge on any atom is -0.450 e. The highest BCUT2D eigenvalue weighted by Gasteiger charge is 2.17. The molecule has 0 unspecified atom stereocenters. The highest BCUT2D eigenvalue weighted by Crippen LogP contribution is 2.19. The van der Waals surface area contributed by atoms with E-state index in [-0.39, 0.29) is 18.6 Å². The predicted molar refractivity (Wildman–Crippen MR) is 70.2 cm³/mol. The molecule has 0 aliphatic carbocycles. The number of nitrogens with zero attached hydrogens (tertiary/aromatic N) is 2. The maximum Gasteiger partial charge on any atom is 0.413 e. The fourth-order valence-corrected chi connectivity index (χ4v) is 1.69. The van der Waals surface area contributed by atoms with Crippen LogP contribution in [0, 0.1) is 0 Å². The monoisotopic (exact) mass is 262 g/mol. The maximum atomic E-state index is 11.9. The molecule has 1 aromatic carbocycles. The van der Waals surface area contributed by atoms with Crippen LogP contribution >= 0.6 is 0 Å². The molecule has 19 heavy (non-hydrogen) atoms. The van der Waals surface area contributed by atoms with Gasteiger partial charge in [0.15, 0.2) is 0 Å². The molecule has 0 saturated heterocycles. The Kier molecular flexibility index (Phi) is 3.65. The number of amides is 2. The molecule has 0 fully saturated rings. The minimum atomic E-state index is -0.650. The number of benzene rings is 1. The van der Waals surface area contributed by atoms with E-state index in [0.717, 1.165) is 0 Å². The van der Waals surface area contributed by atoms with Gasteiger partial charge < -0.3 is 10.1 Å². The molecular weight excluding hydrogens is 248 g/mol. The lowest BCUT2D eigenvalue weighted by Gasteiger charge is -2.07. The lowest BCUT2D eigenvalue weighted by molar-refractivity contribution is 0.167. The third-order valence-electron chi connectivity index (χ3n) is 2.47. The van der Waals surface area contributed by atoms with Gasteiger partial charge in [0.05, 0.1) is 17.6 Å². The third-order valence-corrected chi connectivity index (χ3v) is 2.47. The second-order valence-corrected chi connectivity index (χ2v) is 3.66. The maximum absolute atomic E-state index is 11.9. The Morgan fingerprint density at radius 3 is 2.79 bits per heavy atom. The van der Waals surface area contributed by atoms with Crippen molar-refractivity contribution in [3.63, 3.8) is 0 Å². The first-order valence-electron chi connectivity index (χ1n) is 5.80. The Morgan fingerprint density at radius 1 is 1.37 bits per heavy atom. The molecular formula is C12H14N4O3. The fourth-order valence-electron chi connectivity index (χ4n) is 1.69. The summed E-state index contributed by atoms with van der Waals surface area (Å²) in [7, 11) is 1.51. The van der Waals surface area contributed by atoms with Gasteiger partial charge in [-0.15, -0.1) is 0 Å². The largest absolute Gasteiger partial charge is 0.450 e. The first kappa shape index (κ1) is 12.9. The van der Waals surface area contributed by atoms with Crippen molar-refractivity contribution in [2.75, 3.05) is 19.0 Å². The highest BCUT2D eigenvalue weighted by atomic mass is 16.5. The van der Waals surface area contributed by atoms with Crippen LogP contribution in [0.5, 0.6) is 0 Å². The molecule has 0 atom stereocenters. The van der Waals surface area contributed by atoms with Crippen LogP contribution in [0.1, 0.15) is 6.92 Å². The zero-order valence-corrected chi connectivity index (χ0v) is 10.6. The van der Waals surface area contributed by atoms with Crippen molar-refractivity contribution in [3.05, 3.63) is 24.3 Å². The van der Waals surface area contributed by atoms with Gasteiger partial charge in [-0.1, -0.05) is 12.1 Å². The fraction of sp³-hybridized carbons (Fsp3) is 0.250. The summed E-state index contributed by atoms with van der Waals surface area (Å²) in [5, 5.41) is 4.94. The molecule has 0 spiro atoms. The van der Waals surface area contributed by atoms with E-state index >= 15 is 0 Å². The first-order chi connectivity index (χ1) is 9.17. The van der Waals surface area contributed by atoms with E-state index < -0.39 is 6.09 Å². The molecule has 2 aromatic rings. The van der Waals surface area contributed by atoms with Crippen molar-refractivity contribution < 1.29 is 14.3 Å². The van der Waals surface area contributed by atoms with Crippen molar-refractivity contribution >= 4 is 29.1 Å². The second-order valence-electron chi connectivity index (χ2n) is 3.66. The van der Waals surface area contributed by atoms with Crippen LogP contribution in [-0.2, 0) is 4.74 Å². The molecule has 1 heterocycles. The van der Waals surface area contributed by atoms with E-state index in [1.165, 1.54) is 11.6 Å². The van der Waals surface area contributed by atoms with Gasteiger partial charge in [-0.2, -0.15) is 0 Å². The molecule has 2 rings (SSSR count). The predicted octanol–water partition coefficient (Wildman–Crippen LogP) is 1.79. The Morgan fingerprint density at radius 2 is 2.11 bits per heavy atom. The third kappa shape index (κ3) is 2.49. The summed E-state index contributed by atoms with van der Waals surface area (Å²) in [6, 6.07) is 6.70. The summed E-state index contributed by atoms with van der Waals surface area (Å²) < 4.78 is 6.06. The number of nitrogens with one attached hydrogen (secondary N) is 2. The Bertz CT molecular complexity index is 620. The molecule has 0 aliphatic rings. The smallest absolute Gasteiger partial charge is 0.413 e. The molecule has 0 saturated carbocycles. The van der Waals surface area contributed by atoms with Gasteiger partial charge in [-0.05, 0) is 19.1 Å². The number of carbonyl (C=O) groups is 2. The minimum absolute atomic E-state index is 0.124. The summed E-state index contributed by atoms with van der Waals surface area (Å²) in [6.45, 7) is 1.94. The zero-order valence-electron chi connectivity index (χ0n) is 10.6. The Labute approximate surface area is 109 Å². The van der Waals surface area contributed by atoms with Gasteiger partial charge in [-0.3, -0.25) is 5.32 Å². The van der Waals surface area contributed by atoms with Gasteiger partial charge in [0, 0.05) is 7.05 Å². The number of fused-ring (bicyclic) bond motifs is 1. The van der Waals surface area contributed by atoms with Crippen molar-refractivity contribution in [2.45, 2.75) is 6.92 Å². The Balaban J connectivity index is 2.47. The van der Waals surface area contributed by atoms with Crippen LogP contribution in [0.25, 0.3) is 11.0 Å². The van der Waals surface area contributed by atoms with Crippen LogP contribution in [0.15, 0.2) is 24.3 Å². The second kappa shape index (κ2) is 5.38. The topological polar surface area (TPSA) is 85.2 Å². The lowest BCUT2D eigenvalue weighted by atomic mass is 10.3. The number of para-hydroxylation sites is 2. The van der Waals surface area contributed by atoms with E-state index in [9.17, 15) is 9.59 Å². The van der Waals surface area contributed by atoms with Crippen molar-refractivity contribution in [1.29, 1.82) is 0 Å². The van der Waals surface area contributed by atoms with Crippen LogP contribution in [-0.4, -0.2) is 35.3 Å². The van der Waals surface area contributed by atoms with Crippen LogP contribution in [0.4, 0.5) is 15.5 Å². The molecule has 2 N–H and O–H groups in total. The van der Waals surface area contributed by atoms with Crippen molar-refractivity contribution in [2.24, 2.45) is 0 Å².